The average Bonchev–Trinajstić information content (AvgIpc) is 3.04. The van der Waals surface area contributed by atoms with Gasteiger partial charge in [-0.3, -0.25) is 9.80 Å². The smallest absolute Gasteiger partial charge is 0.0102 e. The zero-order valence-electron chi connectivity index (χ0n) is 26.5. The first-order valence-electron chi connectivity index (χ1n) is 19.1. The Hall–Kier alpha value is -0.340. The maximum atomic E-state index is 3.16. The predicted octanol–water partition coefficient (Wildman–Crippen LogP) is 10.6. The molecule has 6 aliphatic carbocycles. The molecule has 0 bridgehead atoms. The van der Waals surface area contributed by atoms with Gasteiger partial charge in [0.2, 0.25) is 0 Å². The first kappa shape index (κ1) is 29.7. The van der Waals surface area contributed by atoms with Gasteiger partial charge < -0.3 is 0 Å². The van der Waals surface area contributed by atoms with E-state index in [9.17, 15) is 0 Å². The van der Waals surface area contributed by atoms with Crippen LogP contribution in [0.4, 0.5) is 0 Å². The maximum Gasteiger partial charge on any atom is 0.0102 e. The van der Waals surface area contributed by atoms with Gasteiger partial charge >= 0.3 is 0 Å². The van der Waals surface area contributed by atoms with Crippen LogP contribution in [0.2, 0.25) is 0 Å². The lowest BCUT2D eigenvalue weighted by Crippen LogP contribution is -2.52. The summed E-state index contributed by atoms with van der Waals surface area (Å²) in [7, 11) is 0. The molecular weight excluding hydrogens is 484 g/mol. The molecular formula is C38H66N2. The number of nitrogens with zero attached hydrogens (tertiary/aromatic N) is 2. The quantitative estimate of drug-likeness (QED) is 0.277. The minimum Gasteiger partial charge on any atom is -0.294 e. The molecule has 0 aromatic carbocycles. The predicted molar refractivity (Wildman–Crippen MR) is 172 cm³/mol. The molecule has 228 valence electrons. The third kappa shape index (κ3) is 7.78. The van der Waals surface area contributed by atoms with Crippen molar-refractivity contribution in [3.05, 3.63) is 12.2 Å². The van der Waals surface area contributed by atoms with Gasteiger partial charge in [-0.15, -0.1) is 0 Å². The molecule has 0 saturated heterocycles. The van der Waals surface area contributed by atoms with E-state index in [0.717, 1.165) is 48.1 Å². The molecule has 0 aliphatic heterocycles. The lowest BCUT2D eigenvalue weighted by Gasteiger charge is -2.48. The van der Waals surface area contributed by atoms with E-state index in [-0.39, 0.29) is 0 Å². The minimum atomic E-state index is 0.870. The molecule has 0 N–H and O–H groups in total. The van der Waals surface area contributed by atoms with Crippen molar-refractivity contribution in [1.29, 1.82) is 0 Å². The number of hydrogen-bond donors (Lipinski definition) is 0. The Balaban J connectivity index is 0.985. The second kappa shape index (κ2) is 15.4. The normalized spacial score (nSPS) is 35.1. The van der Waals surface area contributed by atoms with Crippen LogP contribution in [0, 0.1) is 11.8 Å². The van der Waals surface area contributed by atoms with Gasteiger partial charge in [0.1, 0.15) is 0 Å². The fraction of sp³-hybridized carbons (Fsp3) is 0.947. The maximum absolute atomic E-state index is 3.16. The summed E-state index contributed by atoms with van der Waals surface area (Å²) >= 11 is 0. The van der Waals surface area contributed by atoms with Crippen LogP contribution in [0.5, 0.6) is 0 Å². The Morgan fingerprint density at radius 1 is 0.250 bits per heavy atom. The van der Waals surface area contributed by atoms with Crippen molar-refractivity contribution in [2.75, 3.05) is 0 Å². The second-order valence-electron chi connectivity index (χ2n) is 15.6. The number of rotatable bonds is 8. The number of allylic oxidation sites excluding steroid dienone is 2. The molecule has 0 unspecified atom stereocenters. The summed E-state index contributed by atoms with van der Waals surface area (Å²) in [5.74, 6) is 1.74. The first-order chi connectivity index (χ1) is 19.8. The van der Waals surface area contributed by atoms with E-state index in [1.54, 1.807) is 0 Å². The van der Waals surface area contributed by atoms with Crippen molar-refractivity contribution < 1.29 is 0 Å². The lowest BCUT2D eigenvalue weighted by atomic mass is 9.79. The molecule has 0 atom stereocenters. The highest BCUT2D eigenvalue weighted by molar-refractivity contribution is 5.00. The molecule has 40 heavy (non-hydrogen) atoms. The molecule has 2 heteroatoms. The van der Waals surface area contributed by atoms with E-state index in [1.165, 1.54) is 180 Å². The van der Waals surface area contributed by atoms with E-state index < -0.39 is 0 Å². The van der Waals surface area contributed by atoms with Crippen molar-refractivity contribution >= 4 is 0 Å². The zero-order chi connectivity index (χ0) is 27.0. The lowest BCUT2D eigenvalue weighted by molar-refractivity contribution is 0.0173. The van der Waals surface area contributed by atoms with Gasteiger partial charge in [-0.25, -0.2) is 0 Å². The molecule has 6 aliphatic rings. The monoisotopic (exact) mass is 551 g/mol. The van der Waals surface area contributed by atoms with Crippen LogP contribution in [0.3, 0.4) is 0 Å². The Morgan fingerprint density at radius 2 is 0.475 bits per heavy atom. The van der Waals surface area contributed by atoms with E-state index in [4.69, 9.17) is 0 Å². The summed E-state index contributed by atoms with van der Waals surface area (Å²) in [6.45, 7) is 0. The number of hydrogen-bond acceptors (Lipinski definition) is 2. The Bertz CT molecular complexity index is 623. The summed E-state index contributed by atoms with van der Waals surface area (Å²) < 4.78 is 0. The molecule has 0 heterocycles. The van der Waals surface area contributed by atoms with Crippen molar-refractivity contribution in [3.8, 4) is 0 Å². The topological polar surface area (TPSA) is 6.48 Å². The van der Waals surface area contributed by atoms with Crippen LogP contribution in [0.15, 0.2) is 12.2 Å². The summed E-state index contributed by atoms with van der Waals surface area (Å²) in [4.78, 5) is 6.31. The second-order valence-corrected chi connectivity index (χ2v) is 15.6. The highest BCUT2D eigenvalue weighted by atomic mass is 15.2. The van der Waals surface area contributed by atoms with Gasteiger partial charge in [-0.05, 0) is 115 Å². The third-order valence-electron chi connectivity index (χ3n) is 13.0. The van der Waals surface area contributed by atoms with Gasteiger partial charge in [-0.1, -0.05) is 89.2 Å². The van der Waals surface area contributed by atoms with Crippen LogP contribution >= 0.6 is 0 Å². The van der Waals surface area contributed by atoms with Crippen LogP contribution < -0.4 is 0 Å². The van der Waals surface area contributed by atoms with E-state index >= 15 is 0 Å². The Kier molecular flexibility index (Phi) is 11.4. The molecule has 6 rings (SSSR count). The molecule has 0 radical (unpaired) electrons. The van der Waals surface area contributed by atoms with Gasteiger partial charge in [0.25, 0.3) is 0 Å². The molecule has 2 nitrogen and oxygen atoms in total. The molecule has 6 saturated carbocycles. The van der Waals surface area contributed by atoms with Crippen molar-refractivity contribution in [2.24, 2.45) is 11.8 Å². The summed E-state index contributed by atoms with van der Waals surface area (Å²) in [6.07, 6.45) is 47.1. The summed E-state index contributed by atoms with van der Waals surface area (Å²) in [5, 5.41) is 0. The van der Waals surface area contributed by atoms with Crippen molar-refractivity contribution in [1.82, 2.24) is 9.80 Å². The van der Waals surface area contributed by atoms with E-state index in [2.05, 4.69) is 22.0 Å². The van der Waals surface area contributed by atoms with Gasteiger partial charge in [0, 0.05) is 36.3 Å². The highest BCUT2D eigenvalue weighted by Gasteiger charge is 2.37. The average molecular weight is 551 g/mol. The Morgan fingerprint density at radius 3 is 0.725 bits per heavy atom. The van der Waals surface area contributed by atoms with Crippen molar-refractivity contribution in [3.63, 3.8) is 0 Å². The van der Waals surface area contributed by atoms with E-state index in [0.29, 0.717) is 0 Å². The van der Waals surface area contributed by atoms with Gasteiger partial charge in [0.15, 0.2) is 0 Å². The van der Waals surface area contributed by atoms with Crippen LogP contribution in [0.1, 0.15) is 180 Å². The molecule has 6 fully saturated rings. The van der Waals surface area contributed by atoms with Crippen molar-refractivity contribution in [2.45, 2.75) is 216 Å². The molecule has 0 spiro atoms. The third-order valence-corrected chi connectivity index (χ3v) is 13.0. The fourth-order valence-electron chi connectivity index (χ4n) is 10.8. The van der Waals surface area contributed by atoms with Crippen LogP contribution in [0.25, 0.3) is 0 Å². The highest BCUT2D eigenvalue weighted by Crippen LogP contribution is 2.40. The summed E-state index contributed by atoms with van der Waals surface area (Å²) in [6, 6.07) is 5.49. The minimum absolute atomic E-state index is 0.870. The van der Waals surface area contributed by atoms with Gasteiger partial charge in [0.05, 0.1) is 0 Å². The van der Waals surface area contributed by atoms with Crippen LogP contribution in [-0.4, -0.2) is 46.1 Å². The Labute approximate surface area is 249 Å². The summed E-state index contributed by atoms with van der Waals surface area (Å²) in [5.41, 5.74) is 0. The van der Waals surface area contributed by atoms with Gasteiger partial charge in [-0.2, -0.15) is 0 Å². The van der Waals surface area contributed by atoms with Crippen LogP contribution in [-0.2, 0) is 0 Å². The molecule has 0 aromatic rings. The molecule has 0 aromatic heterocycles. The SMILES string of the molecule is C(=CC1CCC(N(C2CCCCC2)C2CCCCC2)CC1)C1CCC(N(C2CCCCC2)C2CCCCC2)CC1. The largest absolute Gasteiger partial charge is 0.294 e. The first-order valence-corrected chi connectivity index (χ1v) is 19.1. The zero-order valence-corrected chi connectivity index (χ0v) is 26.5. The molecule has 0 amide bonds. The fourth-order valence-corrected chi connectivity index (χ4v) is 10.8. The van der Waals surface area contributed by atoms with E-state index in [1.807, 2.05) is 0 Å². The standard InChI is InChI=1S/C38H66N2/c1-5-13-33(14-6-1)39(34-15-7-2-8-16-34)37-27-23-31(24-28-37)21-22-32-25-29-38(30-26-32)40(35-17-9-3-10-18-35)36-19-11-4-12-20-36/h21-22,31-38H,1-20,23-30H2.